The van der Waals surface area contributed by atoms with Crippen LogP contribution in [0.25, 0.3) is 0 Å². The summed E-state index contributed by atoms with van der Waals surface area (Å²) in [6.07, 6.45) is -3.20. The molecular weight excluding hydrogens is 341 g/mol. The second-order valence-corrected chi connectivity index (χ2v) is 7.09. The number of fused-ring (bicyclic) bond motifs is 2. The molecule has 3 nitrogen and oxygen atoms in total. The third-order valence-corrected chi connectivity index (χ3v) is 5.42. The lowest BCUT2D eigenvalue weighted by molar-refractivity contribution is -0.138. The summed E-state index contributed by atoms with van der Waals surface area (Å²) < 4.78 is 40.0. The Kier molecular flexibility index (Phi) is 3.93. The molecule has 26 heavy (non-hydrogen) atoms. The highest BCUT2D eigenvalue weighted by Crippen LogP contribution is 2.47. The molecule has 136 valence electrons. The fraction of sp³-hybridized carbons (Fsp3) is 0.350. The van der Waals surface area contributed by atoms with E-state index in [-0.39, 0.29) is 23.4 Å². The van der Waals surface area contributed by atoms with Gasteiger partial charge >= 0.3 is 6.18 Å². The van der Waals surface area contributed by atoms with Crippen LogP contribution in [0.1, 0.15) is 29.5 Å². The van der Waals surface area contributed by atoms with Crippen molar-refractivity contribution >= 4 is 11.6 Å². The van der Waals surface area contributed by atoms with Gasteiger partial charge in [0.25, 0.3) is 0 Å². The minimum Gasteiger partial charge on any atom is -0.366 e. The van der Waals surface area contributed by atoms with E-state index in [0.29, 0.717) is 19.5 Å². The Labute approximate surface area is 149 Å². The molecule has 0 saturated carbocycles. The lowest BCUT2D eigenvalue weighted by Crippen LogP contribution is -2.46. The SMILES string of the molecule is O=C1CC2(CCN1)CN(Cc1ccccc1C(F)(F)F)c1ccccc12. The summed E-state index contributed by atoms with van der Waals surface area (Å²) in [4.78, 5) is 14.0. The van der Waals surface area contributed by atoms with Crippen LogP contribution in [-0.4, -0.2) is 19.0 Å². The molecule has 1 amide bonds. The Morgan fingerprint density at radius 2 is 1.81 bits per heavy atom. The molecule has 1 saturated heterocycles. The molecule has 1 atom stereocenters. The van der Waals surface area contributed by atoms with Gasteiger partial charge in [-0.05, 0) is 29.7 Å². The molecule has 6 heteroatoms. The minimum absolute atomic E-state index is 0.00333. The number of hydrogen-bond acceptors (Lipinski definition) is 2. The number of carbonyl (C=O) groups excluding carboxylic acids is 1. The normalized spacial score (nSPS) is 22.4. The van der Waals surface area contributed by atoms with Gasteiger partial charge in [0.1, 0.15) is 0 Å². The number of rotatable bonds is 2. The van der Waals surface area contributed by atoms with Crippen molar-refractivity contribution in [1.82, 2.24) is 5.32 Å². The number of anilines is 1. The van der Waals surface area contributed by atoms with Gasteiger partial charge in [0, 0.05) is 37.2 Å². The van der Waals surface area contributed by atoms with Gasteiger partial charge in [-0.1, -0.05) is 36.4 Å². The molecule has 2 aromatic carbocycles. The first-order chi connectivity index (χ1) is 12.4. The molecular formula is C20H19F3N2O. The fourth-order valence-corrected chi connectivity index (χ4v) is 4.28. The van der Waals surface area contributed by atoms with E-state index in [2.05, 4.69) is 5.32 Å². The fourth-order valence-electron chi connectivity index (χ4n) is 4.28. The summed E-state index contributed by atoms with van der Waals surface area (Å²) >= 11 is 0. The second kappa shape index (κ2) is 6.04. The van der Waals surface area contributed by atoms with Crippen LogP contribution in [0, 0.1) is 0 Å². The number of benzene rings is 2. The van der Waals surface area contributed by atoms with Gasteiger partial charge in [0.2, 0.25) is 5.91 Å². The van der Waals surface area contributed by atoms with Crippen LogP contribution in [0.5, 0.6) is 0 Å². The van der Waals surface area contributed by atoms with Crippen LogP contribution in [0.2, 0.25) is 0 Å². The molecule has 0 aromatic heterocycles. The monoisotopic (exact) mass is 360 g/mol. The van der Waals surface area contributed by atoms with Crippen LogP contribution in [0.3, 0.4) is 0 Å². The Bertz CT molecular complexity index is 849. The van der Waals surface area contributed by atoms with Gasteiger partial charge in [-0.25, -0.2) is 0 Å². The topological polar surface area (TPSA) is 32.3 Å². The molecule has 2 heterocycles. The number of amides is 1. The summed E-state index contributed by atoms with van der Waals surface area (Å²) in [7, 11) is 0. The Morgan fingerprint density at radius 3 is 2.58 bits per heavy atom. The van der Waals surface area contributed by atoms with Crippen molar-refractivity contribution in [1.29, 1.82) is 0 Å². The van der Waals surface area contributed by atoms with E-state index in [9.17, 15) is 18.0 Å². The predicted octanol–water partition coefficient (Wildman–Crippen LogP) is 3.87. The molecule has 1 fully saturated rings. The number of carbonyl (C=O) groups is 1. The quantitative estimate of drug-likeness (QED) is 0.882. The van der Waals surface area contributed by atoms with Crippen molar-refractivity contribution in [2.75, 3.05) is 18.0 Å². The summed E-state index contributed by atoms with van der Waals surface area (Å²) in [5.41, 5.74) is 1.34. The molecule has 0 radical (unpaired) electrons. The summed E-state index contributed by atoms with van der Waals surface area (Å²) in [6.45, 7) is 1.34. The van der Waals surface area contributed by atoms with Crippen LogP contribution in [0.4, 0.5) is 18.9 Å². The van der Waals surface area contributed by atoms with Crippen LogP contribution in [-0.2, 0) is 22.9 Å². The first-order valence-corrected chi connectivity index (χ1v) is 8.65. The predicted molar refractivity (Wildman–Crippen MR) is 92.9 cm³/mol. The molecule has 1 N–H and O–H groups in total. The molecule has 0 aliphatic carbocycles. The molecule has 2 aliphatic heterocycles. The molecule has 4 rings (SSSR count). The lowest BCUT2D eigenvalue weighted by atomic mass is 9.74. The molecule has 2 aliphatic rings. The van der Waals surface area contributed by atoms with E-state index in [1.54, 1.807) is 6.07 Å². The van der Waals surface area contributed by atoms with Crippen molar-refractivity contribution in [3.8, 4) is 0 Å². The largest absolute Gasteiger partial charge is 0.416 e. The highest BCUT2D eigenvalue weighted by atomic mass is 19.4. The Morgan fingerprint density at radius 1 is 1.08 bits per heavy atom. The zero-order chi connectivity index (χ0) is 18.4. The number of alkyl halides is 3. The van der Waals surface area contributed by atoms with E-state index in [1.807, 2.05) is 29.2 Å². The molecule has 0 bridgehead atoms. The van der Waals surface area contributed by atoms with Gasteiger partial charge in [-0.3, -0.25) is 4.79 Å². The Balaban J connectivity index is 1.71. The van der Waals surface area contributed by atoms with Gasteiger partial charge < -0.3 is 10.2 Å². The van der Waals surface area contributed by atoms with Gasteiger partial charge in [-0.15, -0.1) is 0 Å². The number of hydrogen-bond donors (Lipinski definition) is 1. The molecule has 1 unspecified atom stereocenters. The first kappa shape index (κ1) is 16.9. The summed E-state index contributed by atoms with van der Waals surface area (Å²) in [5.74, 6) is 0.00333. The highest BCUT2D eigenvalue weighted by molar-refractivity contribution is 5.80. The number of nitrogens with one attached hydrogen (secondary N) is 1. The van der Waals surface area contributed by atoms with Crippen LogP contribution in [0.15, 0.2) is 48.5 Å². The summed E-state index contributed by atoms with van der Waals surface area (Å²) in [6, 6.07) is 13.5. The minimum atomic E-state index is -4.38. The average molecular weight is 360 g/mol. The second-order valence-electron chi connectivity index (χ2n) is 7.09. The van der Waals surface area contributed by atoms with Gasteiger partial charge in [0.05, 0.1) is 5.56 Å². The van der Waals surface area contributed by atoms with Crippen molar-refractivity contribution in [3.05, 3.63) is 65.2 Å². The van der Waals surface area contributed by atoms with Crippen molar-refractivity contribution in [2.24, 2.45) is 0 Å². The van der Waals surface area contributed by atoms with Gasteiger partial charge in [0.15, 0.2) is 0 Å². The van der Waals surface area contributed by atoms with Crippen molar-refractivity contribution in [2.45, 2.75) is 31.0 Å². The van der Waals surface area contributed by atoms with Crippen LogP contribution >= 0.6 is 0 Å². The van der Waals surface area contributed by atoms with E-state index in [1.165, 1.54) is 12.1 Å². The van der Waals surface area contributed by atoms with Gasteiger partial charge in [-0.2, -0.15) is 13.2 Å². The van der Waals surface area contributed by atoms with Crippen LogP contribution < -0.4 is 10.2 Å². The number of halogens is 3. The zero-order valence-electron chi connectivity index (χ0n) is 14.1. The van der Waals surface area contributed by atoms with E-state index >= 15 is 0 Å². The van der Waals surface area contributed by atoms with E-state index in [4.69, 9.17) is 0 Å². The maximum Gasteiger partial charge on any atom is 0.416 e. The number of nitrogens with zero attached hydrogens (tertiary/aromatic N) is 1. The average Bonchev–Trinajstić information content (AvgIpc) is 2.88. The maximum absolute atomic E-state index is 13.3. The van der Waals surface area contributed by atoms with Crippen molar-refractivity contribution in [3.63, 3.8) is 0 Å². The lowest BCUT2D eigenvalue weighted by Gasteiger charge is -2.34. The molecule has 1 spiro atoms. The Hall–Kier alpha value is -2.50. The van der Waals surface area contributed by atoms with Crippen molar-refractivity contribution < 1.29 is 18.0 Å². The third-order valence-electron chi connectivity index (χ3n) is 5.42. The van der Waals surface area contributed by atoms with E-state index in [0.717, 1.165) is 23.7 Å². The number of piperidine rings is 1. The molecule has 2 aromatic rings. The number of para-hydroxylation sites is 1. The summed E-state index contributed by atoms with van der Waals surface area (Å²) in [5, 5.41) is 2.85. The van der Waals surface area contributed by atoms with E-state index < -0.39 is 11.7 Å². The zero-order valence-corrected chi connectivity index (χ0v) is 14.1. The first-order valence-electron chi connectivity index (χ1n) is 8.65. The smallest absolute Gasteiger partial charge is 0.366 e. The maximum atomic E-state index is 13.3. The third kappa shape index (κ3) is 2.83. The standard InChI is InChI=1S/C20H19F3N2O/c21-20(22,23)15-6-2-1-5-14(15)12-25-13-19(9-10-24-18(26)11-19)16-7-3-4-8-17(16)25/h1-8H,9-13H2,(H,24,26). The highest BCUT2D eigenvalue weighted by Gasteiger charge is 2.45.